The van der Waals surface area contributed by atoms with Crippen LogP contribution in [0.25, 0.3) is 5.65 Å². The third-order valence-corrected chi connectivity index (χ3v) is 3.82. The highest BCUT2D eigenvalue weighted by Gasteiger charge is 2.19. The zero-order valence-electron chi connectivity index (χ0n) is 13.5. The molecule has 1 amide bonds. The molecule has 0 spiro atoms. The van der Waals surface area contributed by atoms with Crippen molar-refractivity contribution in [2.45, 2.75) is 39.3 Å². The summed E-state index contributed by atoms with van der Waals surface area (Å²) in [5.74, 6) is 1.12. The van der Waals surface area contributed by atoms with Crippen LogP contribution in [0.1, 0.15) is 44.1 Å². The SMILES string of the molecule is CC(C)c1nccn1C(C)C(=O)NCc1cnn2cccnc12. The van der Waals surface area contributed by atoms with Gasteiger partial charge in [0.25, 0.3) is 0 Å². The highest BCUT2D eigenvalue weighted by Crippen LogP contribution is 2.17. The van der Waals surface area contributed by atoms with E-state index >= 15 is 0 Å². The second-order valence-electron chi connectivity index (χ2n) is 5.80. The summed E-state index contributed by atoms with van der Waals surface area (Å²) in [4.78, 5) is 21.1. The van der Waals surface area contributed by atoms with Crippen LogP contribution in [0.2, 0.25) is 0 Å². The van der Waals surface area contributed by atoms with Gasteiger partial charge in [-0.3, -0.25) is 4.79 Å². The van der Waals surface area contributed by atoms with Crippen LogP contribution in [0.5, 0.6) is 0 Å². The molecular formula is C16H20N6O. The van der Waals surface area contributed by atoms with Crippen LogP contribution in [0.15, 0.2) is 37.1 Å². The van der Waals surface area contributed by atoms with Crippen molar-refractivity contribution in [2.24, 2.45) is 0 Å². The van der Waals surface area contributed by atoms with E-state index in [1.165, 1.54) is 0 Å². The summed E-state index contributed by atoms with van der Waals surface area (Å²) in [5, 5.41) is 7.17. The smallest absolute Gasteiger partial charge is 0.243 e. The number of carbonyl (C=O) groups is 1. The number of amides is 1. The highest BCUT2D eigenvalue weighted by molar-refractivity contribution is 5.80. The minimum Gasteiger partial charge on any atom is -0.350 e. The van der Waals surface area contributed by atoms with E-state index in [2.05, 4.69) is 34.2 Å². The van der Waals surface area contributed by atoms with Crippen molar-refractivity contribution in [2.75, 3.05) is 0 Å². The van der Waals surface area contributed by atoms with E-state index in [9.17, 15) is 4.79 Å². The molecule has 3 aromatic rings. The van der Waals surface area contributed by atoms with Crippen molar-refractivity contribution in [1.29, 1.82) is 0 Å². The van der Waals surface area contributed by atoms with Crippen molar-refractivity contribution >= 4 is 11.6 Å². The molecule has 0 saturated heterocycles. The van der Waals surface area contributed by atoms with Crippen molar-refractivity contribution in [3.8, 4) is 0 Å². The van der Waals surface area contributed by atoms with E-state index in [-0.39, 0.29) is 17.9 Å². The Hall–Kier alpha value is -2.70. The number of hydrogen-bond donors (Lipinski definition) is 1. The lowest BCUT2D eigenvalue weighted by molar-refractivity contribution is -0.124. The Kier molecular flexibility index (Phi) is 4.10. The van der Waals surface area contributed by atoms with Crippen molar-refractivity contribution < 1.29 is 4.79 Å². The molecule has 0 saturated carbocycles. The molecule has 0 aliphatic carbocycles. The first kappa shape index (κ1) is 15.2. The van der Waals surface area contributed by atoms with Crippen LogP contribution in [0.3, 0.4) is 0 Å². The Morgan fingerprint density at radius 1 is 1.22 bits per heavy atom. The molecule has 3 aromatic heterocycles. The lowest BCUT2D eigenvalue weighted by Gasteiger charge is -2.17. The van der Waals surface area contributed by atoms with Gasteiger partial charge < -0.3 is 9.88 Å². The number of nitrogens with one attached hydrogen (secondary N) is 1. The van der Waals surface area contributed by atoms with Gasteiger partial charge >= 0.3 is 0 Å². The van der Waals surface area contributed by atoms with Gasteiger partial charge in [0, 0.05) is 42.8 Å². The lowest BCUT2D eigenvalue weighted by atomic mass is 10.2. The molecule has 1 N–H and O–H groups in total. The number of imidazole rings is 1. The zero-order valence-corrected chi connectivity index (χ0v) is 13.5. The maximum absolute atomic E-state index is 12.4. The van der Waals surface area contributed by atoms with E-state index in [1.807, 2.05) is 30.0 Å². The maximum Gasteiger partial charge on any atom is 0.243 e. The van der Waals surface area contributed by atoms with Crippen molar-refractivity contribution in [3.05, 3.63) is 48.4 Å². The predicted octanol–water partition coefficient (Wildman–Crippen LogP) is 1.93. The minimum absolute atomic E-state index is 0.0554. The normalized spacial score (nSPS) is 12.7. The quantitative estimate of drug-likeness (QED) is 0.781. The number of aromatic nitrogens is 5. The van der Waals surface area contributed by atoms with Gasteiger partial charge in [-0.15, -0.1) is 0 Å². The molecule has 3 rings (SSSR count). The molecule has 0 aliphatic heterocycles. The number of carbonyl (C=O) groups excluding carboxylic acids is 1. The van der Waals surface area contributed by atoms with Crippen molar-refractivity contribution in [1.82, 2.24) is 29.5 Å². The number of fused-ring (bicyclic) bond motifs is 1. The van der Waals surface area contributed by atoms with Crippen LogP contribution >= 0.6 is 0 Å². The molecular weight excluding hydrogens is 292 g/mol. The standard InChI is InChI=1S/C16H20N6O/c1-11(2)14-18-6-8-21(14)12(3)16(23)19-9-13-10-20-22-7-4-5-17-15(13)22/h4-8,10-12H,9H2,1-3H3,(H,19,23). The molecule has 3 heterocycles. The topological polar surface area (TPSA) is 77.1 Å². The third kappa shape index (κ3) is 2.94. The average Bonchev–Trinajstić information content (AvgIpc) is 3.19. The number of hydrogen-bond acceptors (Lipinski definition) is 4. The Bertz CT molecular complexity index is 819. The second-order valence-corrected chi connectivity index (χ2v) is 5.80. The molecule has 120 valence electrons. The van der Waals surface area contributed by atoms with E-state index in [0.717, 1.165) is 17.0 Å². The van der Waals surface area contributed by atoms with Crippen LogP contribution in [0.4, 0.5) is 0 Å². The van der Waals surface area contributed by atoms with Crippen molar-refractivity contribution in [3.63, 3.8) is 0 Å². The van der Waals surface area contributed by atoms with Crippen LogP contribution < -0.4 is 5.32 Å². The summed E-state index contributed by atoms with van der Waals surface area (Å²) >= 11 is 0. The van der Waals surface area contributed by atoms with E-state index < -0.39 is 0 Å². The summed E-state index contributed by atoms with van der Waals surface area (Å²) in [6.07, 6.45) is 8.84. The minimum atomic E-state index is -0.315. The lowest BCUT2D eigenvalue weighted by Crippen LogP contribution is -2.31. The summed E-state index contributed by atoms with van der Waals surface area (Å²) in [6, 6.07) is 1.50. The Labute approximate surface area is 134 Å². The maximum atomic E-state index is 12.4. The predicted molar refractivity (Wildman–Crippen MR) is 85.9 cm³/mol. The molecule has 0 aromatic carbocycles. The molecule has 1 atom stereocenters. The van der Waals surface area contributed by atoms with Gasteiger partial charge in [0.1, 0.15) is 11.9 Å². The molecule has 0 aliphatic rings. The summed E-state index contributed by atoms with van der Waals surface area (Å²) < 4.78 is 3.60. The summed E-state index contributed by atoms with van der Waals surface area (Å²) in [5.41, 5.74) is 1.65. The third-order valence-electron chi connectivity index (χ3n) is 3.82. The Morgan fingerprint density at radius 2 is 2.04 bits per heavy atom. The van der Waals surface area contributed by atoms with Crippen LogP contribution in [-0.2, 0) is 11.3 Å². The van der Waals surface area contributed by atoms with Crippen LogP contribution in [-0.4, -0.2) is 30.1 Å². The molecule has 0 fully saturated rings. The number of nitrogens with zero attached hydrogens (tertiary/aromatic N) is 5. The Morgan fingerprint density at radius 3 is 2.83 bits per heavy atom. The largest absolute Gasteiger partial charge is 0.350 e. The monoisotopic (exact) mass is 312 g/mol. The molecule has 23 heavy (non-hydrogen) atoms. The van der Waals surface area contributed by atoms with E-state index in [1.54, 1.807) is 23.1 Å². The Balaban J connectivity index is 1.70. The molecule has 7 heteroatoms. The first-order valence-corrected chi connectivity index (χ1v) is 7.65. The van der Waals surface area contributed by atoms with Gasteiger partial charge in [-0.25, -0.2) is 14.5 Å². The van der Waals surface area contributed by atoms with Crippen LogP contribution in [0, 0.1) is 0 Å². The molecule has 1 unspecified atom stereocenters. The second kappa shape index (κ2) is 6.20. The van der Waals surface area contributed by atoms with Gasteiger partial charge in [0.05, 0.1) is 6.20 Å². The van der Waals surface area contributed by atoms with E-state index in [0.29, 0.717) is 6.54 Å². The highest BCUT2D eigenvalue weighted by atomic mass is 16.2. The van der Waals surface area contributed by atoms with Gasteiger partial charge in [-0.1, -0.05) is 13.8 Å². The van der Waals surface area contributed by atoms with E-state index in [4.69, 9.17) is 0 Å². The van der Waals surface area contributed by atoms with Gasteiger partial charge in [-0.2, -0.15) is 5.10 Å². The number of rotatable bonds is 5. The fraction of sp³-hybridized carbons (Fsp3) is 0.375. The fourth-order valence-electron chi connectivity index (χ4n) is 2.56. The molecule has 0 radical (unpaired) electrons. The summed E-state index contributed by atoms with van der Waals surface area (Å²) in [7, 11) is 0. The molecule has 7 nitrogen and oxygen atoms in total. The average molecular weight is 312 g/mol. The summed E-state index contributed by atoms with van der Waals surface area (Å²) in [6.45, 7) is 6.40. The zero-order chi connectivity index (χ0) is 16.4. The first-order valence-electron chi connectivity index (χ1n) is 7.65. The van der Waals surface area contributed by atoms with Gasteiger partial charge in [0.15, 0.2) is 5.65 Å². The van der Waals surface area contributed by atoms with Gasteiger partial charge in [-0.05, 0) is 13.0 Å². The first-order chi connectivity index (χ1) is 11.1. The fourth-order valence-corrected chi connectivity index (χ4v) is 2.56. The molecule has 0 bridgehead atoms. The van der Waals surface area contributed by atoms with Gasteiger partial charge in [0.2, 0.25) is 5.91 Å².